The highest BCUT2D eigenvalue weighted by atomic mass is 16.6. The average Bonchev–Trinajstić information content (AvgIpc) is 2.80. The predicted octanol–water partition coefficient (Wildman–Crippen LogP) is 2.26. The van der Waals surface area contributed by atoms with Crippen molar-refractivity contribution in [3.63, 3.8) is 0 Å². The van der Waals surface area contributed by atoms with Crippen LogP contribution in [0.3, 0.4) is 0 Å². The number of aliphatic hydroxyl groups is 1. The van der Waals surface area contributed by atoms with Crippen LogP contribution >= 0.6 is 0 Å². The van der Waals surface area contributed by atoms with E-state index in [1.807, 2.05) is 30.3 Å². The summed E-state index contributed by atoms with van der Waals surface area (Å²) in [6, 6.07) is 9.32. The minimum absolute atomic E-state index is 0.0157. The lowest BCUT2D eigenvalue weighted by Crippen LogP contribution is -2.44. The first-order valence-corrected chi connectivity index (χ1v) is 8.87. The fourth-order valence-electron chi connectivity index (χ4n) is 3.06. The van der Waals surface area contributed by atoms with Crippen molar-refractivity contribution in [3.05, 3.63) is 35.9 Å². The van der Waals surface area contributed by atoms with Gasteiger partial charge < -0.3 is 19.6 Å². The van der Waals surface area contributed by atoms with Crippen LogP contribution in [-0.2, 0) is 16.1 Å². The molecule has 1 atom stereocenters. The summed E-state index contributed by atoms with van der Waals surface area (Å²) in [6.07, 6.45) is 0.610. The van der Waals surface area contributed by atoms with Crippen LogP contribution in [0.4, 0.5) is 4.79 Å². The van der Waals surface area contributed by atoms with E-state index in [1.165, 1.54) is 0 Å². The Morgan fingerprint density at radius 3 is 2.56 bits per heavy atom. The standard InChI is InChI=1S/C19H28N2O4/c1-15(2)12-17(13-22)21-11-10-20(9-8-18(21)23)19(24)25-14-16-6-4-3-5-7-16/h3-7,15,17,22H,8-14H2,1-2H3/t17-/m0/s1. The minimum Gasteiger partial charge on any atom is -0.445 e. The highest BCUT2D eigenvalue weighted by Crippen LogP contribution is 2.16. The van der Waals surface area contributed by atoms with Crippen LogP contribution in [-0.4, -0.2) is 59.2 Å². The quantitative estimate of drug-likeness (QED) is 0.856. The summed E-state index contributed by atoms with van der Waals surface area (Å²) in [4.78, 5) is 27.9. The third-order valence-corrected chi connectivity index (χ3v) is 4.39. The van der Waals surface area contributed by atoms with Crippen LogP contribution in [0, 0.1) is 5.92 Å². The molecule has 1 aliphatic rings. The number of hydrogen-bond donors (Lipinski definition) is 1. The molecule has 1 aliphatic heterocycles. The van der Waals surface area contributed by atoms with Gasteiger partial charge in [-0.05, 0) is 17.9 Å². The topological polar surface area (TPSA) is 70.1 Å². The third kappa shape index (κ3) is 5.74. The SMILES string of the molecule is CC(C)C[C@@H](CO)N1CCN(C(=O)OCc2ccccc2)CCC1=O. The lowest BCUT2D eigenvalue weighted by Gasteiger charge is -2.30. The van der Waals surface area contributed by atoms with Gasteiger partial charge in [0.1, 0.15) is 6.61 Å². The summed E-state index contributed by atoms with van der Waals surface area (Å²) in [5, 5.41) is 9.62. The van der Waals surface area contributed by atoms with Crippen LogP contribution in [0.5, 0.6) is 0 Å². The number of benzene rings is 1. The molecule has 1 heterocycles. The van der Waals surface area contributed by atoms with Crippen molar-refractivity contribution in [3.8, 4) is 0 Å². The van der Waals surface area contributed by atoms with Crippen molar-refractivity contribution < 1.29 is 19.4 Å². The van der Waals surface area contributed by atoms with Crippen molar-refractivity contribution in [1.29, 1.82) is 0 Å². The molecule has 6 nitrogen and oxygen atoms in total. The first-order chi connectivity index (χ1) is 12.0. The lowest BCUT2D eigenvalue weighted by atomic mass is 10.0. The summed E-state index contributed by atoms with van der Waals surface area (Å²) in [5.74, 6) is 0.373. The van der Waals surface area contributed by atoms with E-state index in [4.69, 9.17) is 4.74 Å². The molecule has 0 aromatic heterocycles. The maximum atomic E-state index is 12.4. The second-order valence-corrected chi connectivity index (χ2v) is 6.83. The maximum Gasteiger partial charge on any atom is 0.410 e. The summed E-state index contributed by atoms with van der Waals surface area (Å²) in [5.41, 5.74) is 0.931. The summed E-state index contributed by atoms with van der Waals surface area (Å²) >= 11 is 0. The largest absolute Gasteiger partial charge is 0.445 e. The van der Waals surface area contributed by atoms with Crippen molar-refractivity contribution in [2.75, 3.05) is 26.2 Å². The van der Waals surface area contributed by atoms with Crippen LogP contribution in [0.15, 0.2) is 30.3 Å². The molecule has 1 aromatic rings. The molecule has 0 unspecified atom stereocenters. The monoisotopic (exact) mass is 348 g/mol. The Bertz CT molecular complexity index is 562. The van der Waals surface area contributed by atoms with Crippen molar-refractivity contribution in [2.24, 2.45) is 5.92 Å². The van der Waals surface area contributed by atoms with Gasteiger partial charge in [0.2, 0.25) is 5.91 Å². The predicted molar refractivity (Wildman–Crippen MR) is 94.9 cm³/mol. The van der Waals surface area contributed by atoms with Gasteiger partial charge in [0.25, 0.3) is 0 Å². The Labute approximate surface area is 149 Å². The van der Waals surface area contributed by atoms with E-state index >= 15 is 0 Å². The molecule has 0 bridgehead atoms. The van der Waals surface area contributed by atoms with Crippen LogP contribution in [0.1, 0.15) is 32.3 Å². The van der Waals surface area contributed by atoms with E-state index in [-0.39, 0.29) is 31.6 Å². The number of amides is 2. The molecule has 2 rings (SSSR count). The highest BCUT2D eigenvalue weighted by Gasteiger charge is 2.29. The molecule has 2 amide bonds. The Morgan fingerprint density at radius 2 is 1.92 bits per heavy atom. The molecule has 0 spiro atoms. The fraction of sp³-hybridized carbons (Fsp3) is 0.579. The van der Waals surface area contributed by atoms with Gasteiger partial charge in [-0.1, -0.05) is 44.2 Å². The number of carbonyl (C=O) groups is 2. The van der Waals surface area contributed by atoms with E-state index in [1.54, 1.807) is 9.80 Å². The summed E-state index contributed by atoms with van der Waals surface area (Å²) in [6.45, 7) is 5.51. The van der Waals surface area contributed by atoms with Gasteiger partial charge in [0, 0.05) is 26.1 Å². The third-order valence-electron chi connectivity index (χ3n) is 4.39. The van der Waals surface area contributed by atoms with Gasteiger partial charge >= 0.3 is 6.09 Å². The van der Waals surface area contributed by atoms with Gasteiger partial charge in [0.05, 0.1) is 12.6 Å². The number of hydrogen-bond acceptors (Lipinski definition) is 4. The van der Waals surface area contributed by atoms with E-state index in [0.29, 0.717) is 25.6 Å². The molecule has 1 N–H and O–H groups in total. The van der Waals surface area contributed by atoms with Gasteiger partial charge in [-0.3, -0.25) is 4.79 Å². The van der Waals surface area contributed by atoms with E-state index < -0.39 is 6.09 Å². The molecule has 25 heavy (non-hydrogen) atoms. The molecule has 1 saturated heterocycles. The van der Waals surface area contributed by atoms with E-state index in [2.05, 4.69) is 13.8 Å². The number of aliphatic hydroxyl groups excluding tert-OH is 1. The van der Waals surface area contributed by atoms with Gasteiger partial charge in [-0.25, -0.2) is 4.79 Å². The zero-order valence-electron chi connectivity index (χ0n) is 15.1. The van der Waals surface area contributed by atoms with Gasteiger partial charge in [-0.15, -0.1) is 0 Å². The maximum absolute atomic E-state index is 12.4. The smallest absolute Gasteiger partial charge is 0.410 e. The Balaban J connectivity index is 1.90. The second-order valence-electron chi connectivity index (χ2n) is 6.83. The summed E-state index contributed by atoms with van der Waals surface area (Å²) < 4.78 is 5.35. The molecule has 6 heteroatoms. The van der Waals surface area contributed by atoms with Crippen LogP contribution in [0.25, 0.3) is 0 Å². The first kappa shape index (κ1) is 19.2. The van der Waals surface area contributed by atoms with Gasteiger partial charge in [0.15, 0.2) is 0 Å². The minimum atomic E-state index is -0.400. The van der Waals surface area contributed by atoms with E-state index in [0.717, 1.165) is 12.0 Å². The number of rotatable bonds is 6. The normalized spacial score (nSPS) is 16.7. The van der Waals surface area contributed by atoms with Crippen molar-refractivity contribution >= 4 is 12.0 Å². The zero-order chi connectivity index (χ0) is 18.2. The molecular weight excluding hydrogens is 320 g/mol. The number of carbonyl (C=O) groups excluding carboxylic acids is 2. The fourth-order valence-corrected chi connectivity index (χ4v) is 3.06. The molecule has 1 aromatic carbocycles. The molecule has 1 fully saturated rings. The van der Waals surface area contributed by atoms with Gasteiger partial charge in [-0.2, -0.15) is 0 Å². The summed E-state index contributed by atoms with van der Waals surface area (Å²) in [7, 11) is 0. The first-order valence-electron chi connectivity index (χ1n) is 8.87. The Hall–Kier alpha value is -2.08. The molecule has 138 valence electrons. The van der Waals surface area contributed by atoms with Crippen molar-refractivity contribution in [2.45, 2.75) is 39.3 Å². The Kier molecular flexibility index (Phi) is 7.25. The molecule has 0 aliphatic carbocycles. The average molecular weight is 348 g/mol. The molecule has 0 saturated carbocycles. The lowest BCUT2D eigenvalue weighted by molar-refractivity contribution is -0.133. The highest BCUT2D eigenvalue weighted by molar-refractivity contribution is 5.78. The van der Waals surface area contributed by atoms with E-state index in [9.17, 15) is 14.7 Å². The van der Waals surface area contributed by atoms with Crippen molar-refractivity contribution in [1.82, 2.24) is 9.80 Å². The molecular formula is C19H28N2O4. The second kappa shape index (κ2) is 9.42. The number of ether oxygens (including phenoxy) is 1. The Morgan fingerprint density at radius 1 is 1.20 bits per heavy atom. The van der Waals surface area contributed by atoms with Crippen LogP contribution < -0.4 is 0 Å². The number of nitrogens with zero attached hydrogens (tertiary/aromatic N) is 2. The molecule has 0 radical (unpaired) electrons. The van der Waals surface area contributed by atoms with Crippen LogP contribution in [0.2, 0.25) is 0 Å². The zero-order valence-corrected chi connectivity index (χ0v) is 15.1.